The first-order chi connectivity index (χ1) is 23.3. The quantitative estimate of drug-likeness (QED) is 0.165. The van der Waals surface area contributed by atoms with Gasteiger partial charge in [-0.05, 0) is 91.2 Å². The number of Topliss-reactive ketones (excluding diaryl/α,β-unsaturated/α-hetero) is 1. The highest BCUT2D eigenvalue weighted by atomic mass is 16.2. The molecule has 2 bridgehead atoms. The Kier molecular flexibility index (Phi) is 12.2. The second-order valence-electron chi connectivity index (χ2n) is 13.1. The monoisotopic (exact) mass is 650 g/mol. The molecule has 2 heterocycles. The van der Waals surface area contributed by atoms with Gasteiger partial charge in [0.05, 0.1) is 6.04 Å². The molecule has 4 aromatic rings. The van der Waals surface area contributed by atoms with E-state index >= 15 is 0 Å². The molecular weight excluding hydrogens is 600 g/mol. The Hall–Kier alpha value is -4.31. The summed E-state index contributed by atoms with van der Waals surface area (Å²) in [6.07, 6.45) is 5.60. The van der Waals surface area contributed by atoms with Gasteiger partial charge in [-0.25, -0.2) is 0 Å². The molecule has 0 aliphatic carbocycles. The van der Waals surface area contributed by atoms with Gasteiger partial charge in [-0.2, -0.15) is 0 Å². The average molecular weight is 651 g/mol. The number of H-pyrrole nitrogens is 1. The van der Waals surface area contributed by atoms with E-state index in [-0.39, 0.29) is 24.0 Å². The molecule has 0 fully saturated rings. The smallest absolute Gasteiger partial charge is 0.243 e. The van der Waals surface area contributed by atoms with Crippen LogP contribution >= 0.6 is 0 Å². The molecule has 254 valence electrons. The van der Waals surface area contributed by atoms with Crippen molar-refractivity contribution in [3.8, 4) is 11.1 Å². The summed E-state index contributed by atoms with van der Waals surface area (Å²) in [4.78, 5) is 47.5. The highest BCUT2D eigenvalue weighted by Crippen LogP contribution is 2.29. The minimum atomic E-state index is -0.790. The van der Waals surface area contributed by atoms with E-state index in [2.05, 4.69) is 46.8 Å². The molecule has 1 aliphatic rings. The third-order valence-corrected chi connectivity index (χ3v) is 9.68. The largest absolute Gasteiger partial charge is 0.361 e. The zero-order valence-corrected chi connectivity index (χ0v) is 28.3. The van der Waals surface area contributed by atoms with Crippen LogP contribution < -0.4 is 22.1 Å². The Morgan fingerprint density at radius 1 is 0.875 bits per heavy atom. The first-order valence-corrected chi connectivity index (χ1v) is 17.2. The number of nitrogens with one attached hydrogen (secondary N) is 3. The number of carbonyl (C=O) groups is 3. The minimum Gasteiger partial charge on any atom is -0.361 e. The summed E-state index contributed by atoms with van der Waals surface area (Å²) in [6.45, 7) is 3.88. The van der Waals surface area contributed by atoms with E-state index in [1.165, 1.54) is 0 Å². The van der Waals surface area contributed by atoms with Gasteiger partial charge in [0.15, 0.2) is 5.78 Å². The zero-order chi connectivity index (χ0) is 34.0. The maximum Gasteiger partial charge on any atom is 0.243 e. The van der Waals surface area contributed by atoms with E-state index in [0.29, 0.717) is 51.9 Å². The minimum absolute atomic E-state index is 0.0118. The van der Waals surface area contributed by atoms with Gasteiger partial charge >= 0.3 is 0 Å². The Morgan fingerprint density at radius 3 is 2.48 bits per heavy atom. The molecule has 2 amide bonds. The van der Waals surface area contributed by atoms with Crippen LogP contribution in [0.4, 0.5) is 0 Å². The topological polar surface area (TPSA) is 146 Å². The fourth-order valence-corrected chi connectivity index (χ4v) is 6.95. The predicted octanol–water partition coefficient (Wildman–Crippen LogP) is 4.74. The number of aromatic nitrogens is 1. The third kappa shape index (κ3) is 8.39. The van der Waals surface area contributed by atoms with Crippen molar-refractivity contribution in [3.63, 3.8) is 0 Å². The summed E-state index contributed by atoms with van der Waals surface area (Å²) in [6, 6.07) is 21.2. The number of aryl methyl sites for hydroxylation is 1. The van der Waals surface area contributed by atoms with Gasteiger partial charge in [0.2, 0.25) is 11.8 Å². The second-order valence-corrected chi connectivity index (χ2v) is 13.1. The van der Waals surface area contributed by atoms with Crippen LogP contribution in [0.15, 0.2) is 72.9 Å². The van der Waals surface area contributed by atoms with Crippen LogP contribution in [0, 0.1) is 12.8 Å². The van der Waals surface area contributed by atoms with Gasteiger partial charge in [0, 0.05) is 56.0 Å². The van der Waals surface area contributed by atoms with Gasteiger partial charge in [-0.1, -0.05) is 61.0 Å². The van der Waals surface area contributed by atoms with Gasteiger partial charge in [-0.3, -0.25) is 14.4 Å². The van der Waals surface area contributed by atoms with E-state index < -0.39 is 18.0 Å². The summed E-state index contributed by atoms with van der Waals surface area (Å²) in [5.74, 6) is -1.03. The number of rotatable bonds is 9. The molecule has 0 unspecified atom stereocenters. The zero-order valence-electron chi connectivity index (χ0n) is 28.3. The highest BCUT2D eigenvalue weighted by Gasteiger charge is 2.34. The molecular formula is C39H50N6O3. The SMILES string of the molecule is Cc1cccc2c1-c1cccc(c1)CN[C@@H](CCCN)C(=O)C[C@@H](CCCCN)C(=O)N(C)[C@@H](Cc1c[nH]c3ccccc13)C(=O)NC2. The average Bonchev–Trinajstić information content (AvgIpc) is 3.51. The van der Waals surface area contributed by atoms with Crippen molar-refractivity contribution >= 4 is 28.5 Å². The number of ketones is 1. The summed E-state index contributed by atoms with van der Waals surface area (Å²) < 4.78 is 0. The first-order valence-electron chi connectivity index (χ1n) is 17.2. The van der Waals surface area contributed by atoms with E-state index in [1.807, 2.05) is 48.7 Å². The lowest BCUT2D eigenvalue weighted by Crippen LogP contribution is -2.51. The molecule has 0 saturated heterocycles. The number of aromatic amines is 1. The Morgan fingerprint density at radius 2 is 1.67 bits per heavy atom. The molecule has 0 radical (unpaired) electrons. The summed E-state index contributed by atoms with van der Waals surface area (Å²) in [5, 5.41) is 7.70. The van der Waals surface area contributed by atoms with Crippen LogP contribution in [0.25, 0.3) is 22.0 Å². The Bertz CT molecular complexity index is 1710. The number of hydrogen-bond donors (Lipinski definition) is 5. The van der Waals surface area contributed by atoms with Crippen LogP contribution in [0.1, 0.15) is 60.8 Å². The van der Waals surface area contributed by atoms with Crippen LogP contribution in [0.2, 0.25) is 0 Å². The molecule has 3 aromatic carbocycles. The summed E-state index contributed by atoms with van der Waals surface area (Å²) in [5.41, 5.74) is 18.9. The lowest BCUT2D eigenvalue weighted by molar-refractivity contribution is -0.143. The number of carbonyl (C=O) groups excluding carboxylic acids is 3. The molecule has 7 N–H and O–H groups in total. The number of unbranched alkanes of at least 4 members (excludes halogenated alkanes) is 1. The number of hydrogen-bond acceptors (Lipinski definition) is 6. The summed E-state index contributed by atoms with van der Waals surface area (Å²) >= 11 is 0. The fourth-order valence-electron chi connectivity index (χ4n) is 6.95. The van der Waals surface area contributed by atoms with Crippen molar-refractivity contribution in [2.45, 2.75) is 77.0 Å². The molecule has 1 aromatic heterocycles. The molecule has 0 saturated carbocycles. The molecule has 0 spiro atoms. The van der Waals surface area contributed by atoms with Gasteiger partial charge < -0.3 is 32.0 Å². The maximum atomic E-state index is 14.4. The maximum absolute atomic E-state index is 14.4. The molecule has 9 heteroatoms. The molecule has 3 atom stereocenters. The number of para-hydroxylation sites is 1. The van der Waals surface area contributed by atoms with Crippen molar-refractivity contribution in [1.29, 1.82) is 0 Å². The number of nitrogens with two attached hydrogens (primary N) is 2. The van der Waals surface area contributed by atoms with Gasteiger partial charge in [0.25, 0.3) is 0 Å². The number of nitrogens with zero attached hydrogens (tertiary/aromatic N) is 1. The molecule has 1 aliphatic heterocycles. The summed E-state index contributed by atoms with van der Waals surface area (Å²) in [7, 11) is 1.70. The van der Waals surface area contributed by atoms with Crippen molar-refractivity contribution in [3.05, 3.63) is 95.2 Å². The standard InChI is InChI=1S/C39H50N6O3/c1-26-10-7-14-30-24-44-38(47)35(21-31-25-43-33-16-4-3-15-32(31)33)45(2)39(48)29(12-5-6-18-40)22-36(46)34(17-9-19-41)42-23-27-11-8-13-28(20-27)37(26)30/h3-4,7-8,10-11,13-16,20,25,29,34-35,42-43H,5-6,9,12,17-19,21-24,40-41H2,1-2H3,(H,44,47)/t29-,34+,35+/m1/s1. The number of likely N-dealkylation sites (N-methyl/N-ethyl adjacent to an activating group) is 1. The van der Waals surface area contributed by atoms with Crippen molar-refractivity contribution < 1.29 is 14.4 Å². The van der Waals surface area contributed by atoms with Crippen LogP contribution in [-0.4, -0.2) is 59.7 Å². The van der Waals surface area contributed by atoms with Crippen molar-refractivity contribution in [1.82, 2.24) is 20.5 Å². The number of amides is 2. The molecule has 9 nitrogen and oxygen atoms in total. The third-order valence-electron chi connectivity index (χ3n) is 9.68. The predicted molar refractivity (Wildman–Crippen MR) is 192 cm³/mol. The Labute approximate surface area is 283 Å². The van der Waals surface area contributed by atoms with Crippen LogP contribution in [0.5, 0.6) is 0 Å². The van der Waals surface area contributed by atoms with E-state index in [0.717, 1.165) is 57.1 Å². The van der Waals surface area contributed by atoms with E-state index in [4.69, 9.17) is 11.5 Å². The van der Waals surface area contributed by atoms with E-state index in [1.54, 1.807) is 11.9 Å². The van der Waals surface area contributed by atoms with E-state index in [9.17, 15) is 14.4 Å². The Balaban J connectivity index is 1.56. The molecule has 5 rings (SSSR count). The lowest BCUT2D eigenvalue weighted by atomic mass is 9.90. The number of benzene rings is 3. The lowest BCUT2D eigenvalue weighted by Gasteiger charge is -2.31. The normalized spacial score (nSPS) is 19.6. The van der Waals surface area contributed by atoms with Crippen LogP contribution in [-0.2, 0) is 33.9 Å². The van der Waals surface area contributed by atoms with Gasteiger partial charge in [0.1, 0.15) is 6.04 Å². The van der Waals surface area contributed by atoms with Crippen LogP contribution in [0.3, 0.4) is 0 Å². The number of fused-ring (bicyclic) bond motifs is 5. The molecule has 48 heavy (non-hydrogen) atoms. The van der Waals surface area contributed by atoms with Crippen molar-refractivity contribution in [2.24, 2.45) is 17.4 Å². The second kappa shape index (κ2) is 16.7. The fraction of sp³-hybridized carbons (Fsp3) is 0.410. The van der Waals surface area contributed by atoms with Crippen molar-refractivity contribution in [2.75, 3.05) is 20.1 Å². The highest BCUT2D eigenvalue weighted by molar-refractivity contribution is 5.93. The van der Waals surface area contributed by atoms with Gasteiger partial charge in [-0.15, -0.1) is 0 Å². The first kappa shape index (κ1) is 35.0.